The number of ether oxygens (including phenoxy) is 1. The number of nitrogens with zero attached hydrogens (tertiary/aromatic N) is 2. The first-order valence-electron chi connectivity index (χ1n) is 11.3. The van der Waals surface area contributed by atoms with E-state index in [1.807, 2.05) is 24.3 Å². The number of halogens is 1. The Morgan fingerprint density at radius 3 is 2.37 bits per heavy atom. The molecule has 7 nitrogen and oxygen atoms in total. The van der Waals surface area contributed by atoms with Crippen LogP contribution in [0.25, 0.3) is 0 Å². The number of nitrogens with one attached hydrogen (secondary N) is 1. The highest BCUT2D eigenvalue weighted by Gasteiger charge is 2.24. The molecule has 3 rings (SSSR count). The molecule has 0 spiro atoms. The molecule has 3 aromatic rings. The fourth-order valence-corrected chi connectivity index (χ4v) is 4.25. The van der Waals surface area contributed by atoms with Crippen LogP contribution in [-0.4, -0.2) is 28.4 Å². The minimum Gasteiger partial charge on any atom is -0.380 e. The topological polar surface area (TPSA) is 90.3 Å². The number of methoxy groups -OCH3 is 1. The highest BCUT2D eigenvalue weighted by Crippen LogP contribution is 2.30. The predicted molar refractivity (Wildman–Crippen MR) is 135 cm³/mol. The Bertz CT molecular complexity index is 1250. The summed E-state index contributed by atoms with van der Waals surface area (Å²) in [5, 5.41) is 3.39. The molecule has 1 heterocycles. The first-order chi connectivity index (χ1) is 16.6. The normalized spacial score (nSPS) is 12.3. The van der Waals surface area contributed by atoms with E-state index >= 15 is 0 Å². The van der Waals surface area contributed by atoms with Gasteiger partial charge in [0.2, 0.25) is 5.91 Å². The van der Waals surface area contributed by atoms with Crippen molar-refractivity contribution in [3.8, 4) is 0 Å². The van der Waals surface area contributed by atoms with Crippen LogP contribution in [0, 0.1) is 0 Å². The van der Waals surface area contributed by atoms with E-state index in [0.717, 1.165) is 16.7 Å². The lowest BCUT2D eigenvalue weighted by Crippen LogP contribution is -2.38. The Kier molecular flexibility index (Phi) is 8.59. The number of hydrogen-bond acceptors (Lipinski definition) is 5. The summed E-state index contributed by atoms with van der Waals surface area (Å²) in [7, 11) is 1.61. The highest BCUT2D eigenvalue weighted by atomic mass is 35.5. The number of ketones is 1. The fourth-order valence-electron chi connectivity index (χ4n) is 3.76. The zero-order valence-electron chi connectivity index (χ0n) is 20.4. The van der Waals surface area contributed by atoms with E-state index in [-0.39, 0.29) is 29.7 Å². The second-order valence-electron chi connectivity index (χ2n) is 9.43. The van der Waals surface area contributed by atoms with E-state index in [1.165, 1.54) is 23.2 Å². The Balaban J connectivity index is 1.85. The number of hydrogen-bond donors (Lipinski definition) is 1. The molecule has 0 aliphatic carbocycles. The largest absolute Gasteiger partial charge is 0.380 e. The summed E-state index contributed by atoms with van der Waals surface area (Å²) in [6.07, 6.45) is 2.74. The highest BCUT2D eigenvalue weighted by molar-refractivity contribution is 6.31. The minimum atomic E-state index is -0.896. The predicted octanol–water partition coefficient (Wildman–Crippen LogP) is 4.01. The molecule has 0 aliphatic heterocycles. The van der Waals surface area contributed by atoms with E-state index in [9.17, 15) is 14.4 Å². The van der Waals surface area contributed by atoms with Gasteiger partial charge in [-0.15, -0.1) is 0 Å². The maximum absolute atomic E-state index is 13.4. The monoisotopic (exact) mass is 495 g/mol. The van der Waals surface area contributed by atoms with Crippen molar-refractivity contribution in [3.05, 3.63) is 98.7 Å². The zero-order chi connectivity index (χ0) is 25.6. The van der Waals surface area contributed by atoms with Crippen LogP contribution in [0.5, 0.6) is 0 Å². The summed E-state index contributed by atoms with van der Waals surface area (Å²) in [4.78, 5) is 42.0. The minimum absolute atomic E-state index is 0.0851. The van der Waals surface area contributed by atoms with Gasteiger partial charge in [-0.2, -0.15) is 0 Å². The summed E-state index contributed by atoms with van der Waals surface area (Å²) < 4.78 is 6.34. The maximum Gasteiger partial charge on any atom is 0.253 e. The fraction of sp³-hybridized carbons (Fsp3) is 0.333. The summed E-state index contributed by atoms with van der Waals surface area (Å²) in [5.74, 6) is -0.670. The molecule has 35 heavy (non-hydrogen) atoms. The standard InChI is InChI=1S/C27H30ClN3O4/c1-27(2,3)21-10-7-19(13-22(21)28)14-23(32)26(20-8-5-18(6-9-20)16-35-4)30-24(33)15-31-17-29-12-11-25(31)34/h5-13,17,26H,14-16H2,1-4H3,(H,30,33). The molecular formula is C27H30ClN3O4. The molecule has 0 aliphatic rings. The van der Waals surface area contributed by atoms with Crippen LogP contribution in [0.3, 0.4) is 0 Å². The molecule has 0 bridgehead atoms. The second-order valence-corrected chi connectivity index (χ2v) is 9.84. The van der Waals surface area contributed by atoms with Crippen LogP contribution < -0.4 is 10.9 Å². The Labute approximate surface area is 210 Å². The lowest BCUT2D eigenvalue weighted by Gasteiger charge is -2.22. The Morgan fingerprint density at radius 1 is 1.09 bits per heavy atom. The van der Waals surface area contributed by atoms with Crippen molar-refractivity contribution in [2.24, 2.45) is 0 Å². The Hall–Kier alpha value is -3.29. The smallest absolute Gasteiger partial charge is 0.253 e. The van der Waals surface area contributed by atoms with Crippen LogP contribution in [0.2, 0.25) is 5.02 Å². The van der Waals surface area contributed by atoms with Crippen LogP contribution in [0.15, 0.2) is 65.8 Å². The first kappa shape index (κ1) is 26.3. The van der Waals surface area contributed by atoms with E-state index < -0.39 is 11.9 Å². The quantitative estimate of drug-likeness (QED) is 0.484. The van der Waals surface area contributed by atoms with Gasteiger partial charge in [-0.25, -0.2) is 4.98 Å². The van der Waals surface area contributed by atoms with Crippen LogP contribution in [0.1, 0.15) is 49.1 Å². The average molecular weight is 496 g/mol. The summed E-state index contributed by atoms with van der Waals surface area (Å²) in [6, 6.07) is 13.3. The lowest BCUT2D eigenvalue weighted by molar-refractivity contribution is -0.128. The number of carbonyl (C=O) groups excluding carboxylic acids is 2. The molecule has 1 aromatic heterocycles. The molecular weight excluding hydrogens is 466 g/mol. The number of amides is 1. The molecule has 0 saturated carbocycles. The first-order valence-corrected chi connectivity index (χ1v) is 11.7. The molecule has 1 N–H and O–H groups in total. The molecule has 2 aromatic carbocycles. The van der Waals surface area contributed by atoms with Crippen LogP contribution >= 0.6 is 11.6 Å². The van der Waals surface area contributed by atoms with Crippen molar-refractivity contribution in [2.75, 3.05) is 7.11 Å². The van der Waals surface area contributed by atoms with Crippen molar-refractivity contribution < 1.29 is 14.3 Å². The van der Waals surface area contributed by atoms with E-state index in [1.54, 1.807) is 25.3 Å². The third kappa shape index (κ3) is 7.10. The van der Waals surface area contributed by atoms with Gasteiger partial charge in [-0.3, -0.25) is 19.0 Å². The molecule has 1 amide bonds. The number of aromatic nitrogens is 2. The van der Waals surface area contributed by atoms with E-state index in [4.69, 9.17) is 16.3 Å². The molecule has 1 atom stereocenters. The van der Waals surface area contributed by atoms with Gasteiger partial charge in [0, 0.05) is 30.8 Å². The van der Waals surface area contributed by atoms with Crippen molar-refractivity contribution in [2.45, 2.75) is 51.8 Å². The SMILES string of the molecule is COCc1ccc(C(NC(=O)Cn2cnccc2=O)C(=O)Cc2ccc(C(C)(C)C)c(Cl)c2)cc1. The number of rotatable bonds is 9. The molecule has 184 valence electrons. The van der Waals surface area contributed by atoms with Crippen molar-refractivity contribution in [3.63, 3.8) is 0 Å². The third-order valence-corrected chi connectivity index (χ3v) is 5.89. The summed E-state index contributed by atoms with van der Waals surface area (Å²) in [6.45, 7) is 6.42. The van der Waals surface area contributed by atoms with Gasteiger partial charge in [0.05, 0.1) is 12.9 Å². The van der Waals surface area contributed by atoms with E-state index in [2.05, 4.69) is 31.1 Å². The van der Waals surface area contributed by atoms with Gasteiger partial charge >= 0.3 is 0 Å². The van der Waals surface area contributed by atoms with Gasteiger partial charge < -0.3 is 10.1 Å². The molecule has 0 radical (unpaired) electrons. The van der Waals surface area contributed by atoms with Crippen LogP contribution in [0.4, 0.5) is 0 Å². The molecule has 0 saturated heterocycles. The van der Waals surface area contributed by atoms with Gasteiger partial charge in [0.25, 0.3) is 5.56 Å². The van der Waals surface area contributed by atoms with E-state index in [0.29, 0.717) is 17.2 Å². The van der Waals surface area contributed by atoms with Crippen molar-refractivity contribution >= 4 is 23.3 Å². The number of carbonyl (C=O) groups is 2. The second kappa shape index (κ2) is 11.4. The van der Waals surface area contributed by atoms with Crippen molar-refractivity contribution in [1.82, 2.24) is 14.9 Å². The van der Waals surface area contributed by atoms with Gasteiger partial charge in [0.1, 0.15) is 12.6 Å². The molecule has 1 unspecified atom stereocenters. The zero-order valence-corrected chi connectivity index (χ0v) is 21.1. The van der Waals surface area contributed by atoms with Crippen molar-refractivity contribution in [1.29, 1.82) is 0 Å². The van der Waals surface area contributed by atoms with Gasteiger partial charge in [-0.05, 0) is 33.7 Å². The Morgan fingerprint density at radius 2 is 1.77 bits per heavy atom. The van der Waals surface area contributed by atoms with Crippen LogP contribution in [-0.2, 0) is 39.3 Å². The molecule has 0 fully saturated rings. The summed E-state index contributed by atoms with van der Waals surface area (Å²) in [5.41, 5.74) is 2.86. The number of Topliss-reactive ketones (excluding diaryl/α,β-unsaturated/α-hetero) is 1. The van der Waals surface area contributed by atoms with Gasteiger partial charge in [-0.1, -0.05) is 68.8 Å². The number of benzene rings is 2. The third-order valence-electron chi connectivity index (χ3n) is 5.58. The molecule has 8 heteroatoms. The lowest BCUT2D eigenvalue weighted by atomic mass is 9.86. The van der Waals surface area contributed by atoms with Gasteiger partial charge in [0.15, 0.2) is 5.78 Å². The average Bonchev–Trinajstić information content (AvgIpc) is 2.79. The summed E-state index contributed by atoms with van der Waals surface area (Å²) >= 11 is 6.50. The maximum atomic E-state index is 13.4.